The minimum absolute atomic E-state index is 0.138. The van der Waals surface area contributed by atoms with Crippen LogP contribution >= 0.6 is 0 Å². The molecular formula is C60H92O6. The van der Waals surface area contributed by atoms with Crippen molar-refractivity contribution in [2.45, 2.75) is 200 Å². The van der Waals surface area contributed by atoms with E-state index in [1.807, 2.05) is 42.5 Å². The normalized spacial score (nSPS) is 13.3. The molecule has 1 atom stereocenters. The second kappa shape index (κ2) is 52.9. The standard InChI is InChI=1S/C60H92O6/c1-4-7-10-13-16-19-22-25-27-29-31-32-35-38-41-44-47-50-53-59(62)65-56-57(55-64-58(61)52-49-46-43-40-37-34-24-21-18-15-12-9-6-3)66-60(63)54-51-48-45-42-39-36-33-30-28-26-23-20-17-14-11-8-5-2/h8,10-11,13,16-17,19-20,22,25-29,31-34,36-37,42-43,45-46,57H,4-7,9,12,14-15,18,21,23-24,30,35,38-41,44,47-56H2,1-3H3/b11-8+,13-10+,19-16+,20-17+,25-22+,28-26+,29-27+,32-31+,36-33+,37-34+,45-42+,46-43+. The molecule has 6 nitrogen and oxygen atoms in total. The van der Waals surface area contributed by atoms with Crippen molar-refractivity contribution in [3.05, 3.63) is 146 Å². The van der Waals surface area contributed by atoms with Gasteiger partial charge in [0.25, 0.3) is 0 Å². The lowest BCUT2D eigenvalue weighted by atomic mass is 10.1. The van der Waals surface area contributed by atoms with E-state index in [0.29, 0.717) is 19.3 Å². The van der Waals surface area contributed by atoms with Gasteiger partial charge in [0.2, 0.25) is 0 Å². The van der Waals surface area contributed by atoms with E-state index in [-0.39, 0.29) is 38.0 Å². The lowest BCUT2D eigenvalue weighted by Crippen LogP contribution is -2.30. The van der Waals surface area contributed by atoms with Gasteiger partial charge in [-0.05, 0) is 96.3 Å². The molecule has 0 radical (unpaired) electrons. The van der Waals surface area contributed by atoms with E-state index >= 15 is 0 Å². The third-order valence-electron chi connectivity index (χ3n) is 10.2. The molecule has 0 aliphatic rings. The van der Waals surface area contributed by atoms with E-state index in [1.54, 1.807) is 0 Å². The largest absolute Gasteiger partial charge is 0.462 e. The Hall–Kier alpha value is -4.71. The van der Waals surface area contributed by atoms with Crippen molar-refractivity contribution in [1.82, 2.24) is 0 Å². The van der Waals surface area contributed by atoms with Crippen molar-refractivity contribution in [1.29, 1.82) is 0 Å². The lowest BCUT2D eigenvalue weighted by molar-refractivity contribution is -0.166. The molecular weight excluding hydrogens is 817 g/mol. The smallest absolute Gasteiger partial charge is 0.306 e. The molecule has 0 aromatic heterocycles. The number of carbonyl (C=O) groups is 3. The summed E-state index contributed by atoms with van der Waals surface area (Å²) in [5.41, 5.74) is 0. The summed E-state index contributed by atoms with van der Waals surface area (Å²) in [6, 6.07) is 0. The van der Waals surface area contributed by atoms with Crippen LogP contribution in [0.5, 0.6) is 0 Å². The lowest BCUT2D eigenvalue weighted by Gasteiger charge is -2.18. The van der Waals surface area contributed by atoms with Crippen LogP contribution < -0.4 is 0 Å². The van der Waals surface area contributed by atoms with Gasteiger partial charge in [-0.3, -0.25) is 14.4 Å². The van der Waals surface area contributed by atoms with E-state index in [4.69, 9.17) is 14.2 Å². The Kier molecular flexibility index (Phi) is 49.1. The van der Waals surface area contributed by atoms with Crippen molar-refractivity contribution in [3.8, 4) is 0 Å². The highest BCUT2D eigenvalue weighted by atomic mass is 16.6. The Morgan fingerprint density at radius 1 is 0.333 bits per heavy atom. The van der Waals surface area contributed by atoms with Crippen molar-refractivity contribution in [2.24, 2.45) is 0 Å². The van der Waals surface area contributed by atoms with Crippen LogP contribution in [0.25, 0.3) is 0 Å². The Labute approximate surface area is 404 Å². The molecule has 0 saturated heterocycles. The molecule has 0 rings (SSSR count). The predicted octanol–water partition coefficient (Wildman–Crippen LogP) is 17.3. The first-order valence-electron chi connectivity index (χ1n) is 25.9. The maximum atomic E-state index is 12.8. The summed E-state index contributed by atoms with van der Waals surface area (Å²) >= 11 is 0. The summed E-state index contributed by atoms with van der Waals surface area (Å²) in [6.45, 7) is 6.28. The molecule has 6 heteroatoms. The van der Waals surface area contributed by atoms with Gasteiger partial charge in [-0.1, -0.05) is 224 Å². The topological polar surface area (TPSA) is 78.9 Å². The number of ether oxygens (including phenoxy) is 3. The molecule has 0 amide bonds. The molecule has 0 aliphatic heterocycles. The van der Waals surface area contributed by atoms with Gasteiger partial charge in [0.05, 0.1) is 0 Å². The summed E-state index contributed by atoms with van der Waals surface area (Å²) in [4.78, 5) is 38.0. The van der Waals surface area contributed by atoms with Gasteiger partial charge in [0, 0.05) is 19.3 Å². The SMILES string of the molecule is CC/C=C/C/C=C/C/C=C/C/C=C/C/C=C/CCCC(=O)OC(COC(=O)CC/C=C/C/C=C/CCCCCCCC)COC(=O)CCCCCCC/C=C/C=C/C=C/C=C/C=C/CCC. The molecule has 0 aromatic carbocycles. The molecule has 66 heavy (non-hydrogen) atoms. The number of carbonyl (C=O) groups excluding carboxylic acids is 3. The average Bonchev–Trinajstić information content (AvgIpc) is 3.31. The molecule has 0 N–H and O–H groups in total. The average molecular weight is 909 g/mol. The number of unbranched alkanes of at least 4 members (excludes halogenated alkanes) is 13. The highest BCUT2D eigenvalue weighted by Gasteiger charge is 2.19. The number of hydrogen-bond acceptors (Lipinski definition) is 6. The molecule has 0 saturated carbocycles. The molecule has 0 fully saturated rings. The molecule has 0 spiro atoms. The van der Waals surface area contributed by atoms with Crippen molar-refractivity contribution in [3.63, 3.8) is 0 Å². The van der Waals surface area contributed by atoms with E-state index < -0.39 is 12.1 Å². The van der Waals surface area contributed by atoms with Gasteiger partial charge in [-0.25, -0.2) is 0 Å². The van der Waals surface area contributed by atoms with E-state index in [0.717, 1.165) is 96.3 Å². The summed E-state index contributed by atoms with van der Waals surface area (Å²) in [5.74, 6) is -1.10. The zero-order valence-electron chi connectivity index (χ0n) is 41.9. The van der Waals surface area contributed by atoms with E-state index in [1.165, 1.54) is 44.9 Å². The highest BCUT2D eigenvalue weighted by molar-refractivity contribution is 5.71. The van der Waals surface area contributed by atoms with Gasteiger partial charge in [-0.2, -0.15) is 0 Å². The van der Waals surface area contributed by atoms with Crippen LogP contribution in [0.15, 0.2) is 146 Å². The summed E-state index contributed by atoms with van der Waals surface area (Å²) in [7, 11) is 0. The fourth-order valence-electron chi connectivity index (χ4n) is 6.32. The Bertz CT molecular complexity index is 1510. The van der Waals surface area contributed by atoms with Crippen molar-refractivity contribution >= 4 is 17.9 Å². The first-order chi connectivity index (χ1) is 32.5. The molecule has 0 heterocycles. The van der Waals surface area contributed by atoms with E-state index in [9.17, 15) is 14.4 Å². The maximum absolute atomic E-state index is 12.8. The Morgan fingerprint density at radius 2 is 0.727 bits per heavy atom. The minimum atomic E-state index is -0.847. The fraction of sp³-hybridized carbons (Fsp3) is 0.550. The number of hydrogen-bond donors (Lipinski definition) is 0. The van der Waals surface area contributed by atoms with Crippen LogP contribution in [-0.2, 0) is 28.6 Å². The van der Waals surface area contributed by atoms with Crippen LogP contribution in [0.1, 0.15) is 194 Å². The van der Waals surface area contributed by atoms with E-state index in [2.05, 4.69) is 124 Å². The number of esters is 3. The van der Waals surface area contributed by atoms with Crippen LogP contribution in [0.2, 0.25) is 0 Å². The number of rotatable bonds is 44. The first kappa shape index (κ1) is 61.3. The third kappa shape index (κ3) is 50.3. The maximum Gasteiger partial charge on any atom is 0.306 e. The van der Waals surface area contributed by atoms with Gasteiger partial charge >= 0.3 is 17.9 Å². The third-order valence-corrected chi connectivity index (χ3v) is 10.2. The summed E-state index contributed by atoms with van der Waals surface area (Å²) < 4.78 is 16.7. The Balaban J connectivity index is 4.63. The first-order valence-corrected chi connectivity index (χ1v) is 25.9. The molecule has 0 bridgehead atoms. The van der Waals surface area contributed by atoms with Gasteiger partial charge in [-0.15, -0.1) is 0 Å². The Morgan fingerprint density at radius 3 is 1.26 bits per heavy atom. The quantitative estimate of drug-likeness (QED) is 0.0199. The van der Waals surface area contributed by atoms with Gasteiger partial charge in [0.15, 0.2) is 6.10 Å². The number of allylic oxidation sites excluding steroid dienone is 24. The van der Waals surface area contributed by atoms with Crippen LogP contribution in [0.3, 0.4) is 0 Å². The van der Waals surface area contributed by atoms with Gasteiger partial charge < -0.3 is 14.2 Å². The fourth-order valence-corrected chi connectivity index (χ4v) is 6.32. The molecule has 0 aromatic rings. The summed E-state index contributed by atoms with van der Waals surface area (Å²) in [5, 5.41) is 0. The summed E-state index contributed by atoms with van der Waals surface area (Å²) in [6.07, 6.45) is 75.5. The molecule has 368 valence electrons. The highest BCUT2D eigenvalue weighted by Crippen LogP contribution is 2.11. The van der Waals surface area contributed by atoms with Crippen molar-refractivity contribution in [2.75, 3.05) is 13.2 Å². The van der Waals surface area contributed by atoms with Crippen molar-refractivity contribution < 1.29 is 28.6 Å². The van der Waals surface area contributed by atoms with Crippen LogP contribution in [0.4, 0.5) is 0 Å². The van der Waals surface area contributed by atoms with Gasteiger partial charge in [0.1, 0.15) is 13.2 Å². The monoisotopic (exact) mass is 909 g/mol. The predicted molar refractivity (Wildman–Crippen MR) is 283 cm³/mol. The second-order valence-corrected chi connectivity index (χ2v) is 16.5. The zero-order valence-corrected chi connectivity index (χ0v) is 41.9. The molecule has 1 unspecified atom stereocenters. The second-order valence-electron chi connectivity index (χ2n) is 16.5. The van der Waals surface area contributed by atoms with Crippen LogP contribution in [0, 0.1) is 0 Å². The molecule has 0 aliphatic carbocycles. The zero-order chi connectivity index (χ0) is 47.9. The van der Waals surface area contributed by atoms with Crippen LogP contribution in [-0.4, -0.2) is 37.2 Å². The minimum Gasteiger partial charge on any atom is -0.462 e.